The van der Waals surface area contributed by atoms with Crippen LogP contribution in [-0.2, 0) is 32.3 Å². The predicted molar refractivity (Wildman–Crippen MR) is 144 cm³/mol. The van der Waals surface area contributed by atoms with E-state index in [9.17, 15) is 14.4 Å². The highest BCUT2D eigenvalue weighted by atomic mass is 16.6. The van der Waals surface area contributed by atoms with E-state index in [1.165, 1.54) is 12.6 Å². The van der Waals surface area contributed by atoms with Crippen LogP contribution in [0.2, 0.25) is 0 Å². The van der Waals surface area contributed by atoms with Crippen LogP contribution < -0.4 is 16.8 Å². The van der Waals surface area contributed by atoms with E-state index in [-0.39, 0.29) is 19.8 Å². The number of hydrogen-bond donors (Lipinski definition) is 3. The fraction of sp³-hybridized carbons (Fsp3) is 0.444. The molecule has 0 spiro atoms. The normalized spacial score (nSPS) is 12.4. The molecular formula is C27H37N7O5. The van der Waals surface area contributed by atoms with Crippen molar-refractivity contribution in [2.24, 2.45) is 11.5 Å². The zero-order chi connectivity index (χ0) is 28.7. The van der Waals surface area contributed by atoms with Crippen LogP contribution in [-0.4, -0.2) is 63.1 Å². The number of nitrogens with two attached hydrogens (primary N) is 2. The lowest BCUT2D eigenvalue weighted by molar-refractivity contribution is -0.126. The molecule has 0 radical (unpaired) electrons. The molecule has 3 amide bonds. The Balaban J connectivity index is 1.87. The van der Waals surface area contributed by atoms with Crippen molar-refractivity contribution in [3.05, 3.63) is 65.1 Å². The van der Waals surface area contributed by atoms with Crippen LogP contribution in [0.15, 0.2) is 42.5 Å². The van der Waals surface area contributed by atoms with Crippen molar-refractivity contribution < 1.29 is 23.9 Å². The van der Waals surface area contributed by atoms with E-state index >= 15 is 0 Å². The first-order valence-electron chi connectivity index (χ1n) is 12.6. The van der Waals surface area contributed by atoms with Crippen molar-refractivity contribution >= 4 is 23.6 Å². The highest BCUT2D eigenvalue weighted by molar-refractivity contribution is 5.85. The number of rotatable bonds is 12. The maximum absolute atomic E-state index is 12.9. The SMILES string of the molecule is CC(C)c1ccccc1COCC(NC(=O)C(C)(C)N)c1nnc2cccc(COC(=O)N(C)CC(N)=O)n12. The first-order chi connectivity index (χ1) is 18.4. The van der Waals surface area contributed by atoms with Gasteiger partial charge >= 0.3 is 6.09 Å². The summed E-state index contributed by atoms with van der Waals surface area (Å²) in [6, 6.07) is 12.6. The van der Waals surface area contributed by atoms with E-state index in [4.69, 9.17) is 20.9 Å². The Labute approximate surface area is 227 Å². The van der Waals surface area contributed by atoms with Crippen molar-refractivity contribution in [2.75, 3.05) is 20.2 Å². The van der Waals surface area contributed by atoms with Gasteiger partial charge in [0.15, 0.2) is 11.5 Å². The summed E-state index contributed by atoms with van der Waals surface area (Å²) < 4.78 is 13.2. The average molecular weight is 540 g/mol. The van der Waals surface area contributed by atoms with Crippen LogP contribution >= 0.6 is 0 Å². The second-order valence-electron chi connectivity index (χ2n) is 10.3. The van der Waals surface area contributed by atoms with Gasteiger partial charge in [-0.3, -0.25) is 14.0 Å². The van der Waals surface area contributed by atoms with Crippen LogP contribution in [0.1, 0.15) is 62.3 Å². The van der Waals surface area contributed by atoms with Gasteiger partial charge < -0.3 is 31.2 Å². The van der Waals surface area contributed by atoms with Gasteiger partial charge in [0.2, 0.25) is 11.8 Å². The second kappa shape index (κ2) is 12.7. The second-order valence-corrected chi connectivity index (χ2v) is 10.3. The minimum atomic E-state index is -1.15. The number of primary amides is 1. The average Bonchev–Trinajstić information content (AvgIpc) is 3.30. The molecule has 0 fully saturated rings. The fourth-order valence-corrected chi connectivity index (χ4v) is 3.95. The number of amides is 3. The number of carbonyl (C=O) groups excluding carboxylic acids is 3. The molecule has 39 heavy (non-hydrogen) atoms. The van der Waals surface area contributed by atoms with Crippen molar-refractivity contribution in [2.45, 2.75) is 58.4 Å². The summed E-state index contributed by atoms with van der Waals surface area (Å²) in [5.41, 5.74) is 13.3. The monoisotopic (exact) mass is 539 g/mol. The highest BCUT2D eigenvalue weighted by Crippen LogP contribution is 2.22. The van der Waals surface area contributed by atoms with Gasteiger partial charge in [0.05, 0.1) is 24.4 Å². The van der Waals surface area contributed by atoms with Gasteiger partial charge in [0, 0.05) is 7.05 Å². The van der Waals surface area contributed by atoms with E-state index in [1.54, 1.807) is 36.4 Å². The number of nitrogens with one attached hydrogen (secondary N) is 1. The molecule has 12 heteroatoms. The smallest absolute Gasteiger partial charge is 0.410 e. The van der Waals surface area contributed by atoms with Crippen LogP contribution in [0.4, 0.5) is 4.79 Å². The van der Waals surface area contributed by atoms with Gasteiger partial charge in [0.1, 0.15) is 19.2 Å². The van der Waals surface area contributed by atoms with Gasteiger partial charge in [-0.2, -0.15) is 0 Å². The Hall–Kier alpha value is -4.03. The third-order valence-electron chi connectivity index (χ3n) is 6.00. The number of likely N-dealkylation sites (N-methyl/N-ethyl adjacent to an activating group) is 1. The lowest BCUT2D eigenvalue weighted by atomic mass is 9.98. The van der Waals surface area contributed by atoms with Crippen LogP contribution in [0.5, 0.6) is 0 Å². The first-order valence-corrected chi connectivity index (χ1v) is 12.6. The van der Waals surface area contributed by atoms with E-state index in [0.29, 0.717) is 29.7 Å². The molecule has 2 aromatic heterocycles. The molecular weight excluding hydrogens is 502 g/mol. The number of pyridine rings is 1. The third-order valence-corrected chi connectivity index (χ3v) is 6.00. The fourth-order valence-electron chi connectivity index (χ4n) is 3.95. The zero-order valence-corrected chi connectivity index (χ0v) is 23.0. The number of nitrogens with zero attached hydrogens (tertiary/aromatic N) is 4. The molecule has 12 nitrogen and oxygen atoms in total. The molecule has 2 heterocycles. The summed E-state index contributed by atoms with van der Waals surface area (Å²) >= 11 is 0. The number of ether oxygens (including phenoxy) is 2. The maximum Gasteiger partial charge on any atom is 0.410 e. The Bertz CT molecular complexity index is 1320. The third kappa shape index (κ3) is 7.74. The number of hydrogen-bond acceptors (Lipinski definition) is 8. The molecule has 0 bridgehead atoms. The summed E-state index contributed by atoms with van der Waals surface area (Å²) in [5, 5.41) is 11.5. The molecule has 1 unspecified atom stereocenters. The number of aromatic nitrogens is 3. The van der Waals surface area contributed by atoms with E-state index in [1.807, 2.05) is 18.2 Å². The summed E-state index contributed by atoms with van der Waals surface area (Å²) in [5.74, 6) is -0.342. The Morgan fingerprint density at radius 2 is 1.79 bits per heavy atom. The lowest BCUT2D eigenvalue weighted by Crippen LogP contribution is -2.51. The molecule has 0 saturated heterocycles. The number of carbonyl (C=O) groups is 3. The molecule has 1 atom stereocenters. The molecule has 1 aromatic carbocycles. The highest BCUT2D eigenvalue weighted by Gasteiger charge is 2.29. The van der Waals surface area contributed by atoms with Crippen molar-refractivity contribution in [3.8, 4) is 0 Å². The molecule has 0 saturated carbocycles. The predicted octanol–water partition coefficient (Wildman–Crippen LogP) is 2.02. The van der Waals surface area contributed by atoms with E-state index in [2.05, 4.69) is 35.4 Å². The van der Waals surface area contributed by atoms with E-state index in [0.717, 1.165) is 10.5 Å². The standard InChI is InChI=1S/C27H37N7O5/c1-17(2)20-11-7-6-9-18(20)14-38-16-21(30-25(36)27(3,4)29)24-32-31-23-12-8-10-19(34(23)24)15-39-26(37)33(5)13-22(28)35/h6-12,17,21H,13-16,29H2,1-5H3,(H2,28,35)(H,30,36). The zero-order valence-electron chi connectivity index (χ0n) is 23.0. The molecule has 3 aromatic rings. The summed E-state index contributed by atoms with van der Waals surface area (Å²) in [7, 11) is 1.41. The minimum Gasteiger partial charge on any atom is -0.443 e. The van der Waals surface area contributed by atoms with Gasteiger partial charge in [-0.1, -0.05) is 44.2 Å². The largest absolute Gasteiger partial charge is 0.443 e. The topological polar surface area (TPSA) is 167 Å². The van der Waals surface area contributed by atoms with Crippen molar-refractivity contribution in [1.82, 2.24) is 24.8 Å². The minimum absolute atomic E-state index is 0.0878. The first kappa shape index (κ1) is 29.5. The molecule has 5 N–H and O–H groups in total. The molecule has 210 valence electrons. The van der Waals surface area contributed by atoms with Gasteiger partial charge in [-0.15, -0.1) is 10.2 Å². The quantitative estimate of drug-likeness (QED) is 0.314. The Kier molecular flexibility index (Phi) is 9.60. The number of benzene rings is 1. The van der Waals surface area contributed by atoms with Crippen molar-refractivity contribution in [3.63, 3.8) is 0 Å². The summed E-state index contributed by atoms with van der Waals surface area (Å²) in [6.07, 6.45) is -0.720. The molecule has 3 rings (SSSR count). The summed E-state index contributed by atoms with van der Waals surface area (Å²) in [4.78, 5) is 37.4. The van der Waals surface area contributed by atoms with Crippen LogP contribution in [0.25, 0.3) is 5.65 Å². The Morgan fingerprint density at radius 1 is 1.08 bits per heavy atom. The molecule has 0 aliphatic carbocycles. The Morgan fingerprint density at radius 3 is 2.46 bits per heavy atom. The lowest BCUT2D eigenvalue weighted by Gasteiger charge is -2.24. The van der Waals surface area contributed by atoms with Gasteiger partial charge in [-0.05, 0) is 43.0 Å². The molecule has 0 aliphatic rings. The maximum atomic E-state index is 12.9. The van der Waals surface area contributed by atoms with Gasteiger partial charge in [0.25, 0.3) is 0 Å². The molecule has 0 aliphatic heterocycles. The van der Waals surface area contributed by atoms with E-state index < -0.39 is 29.5 Å². The van der Waals surface area contributed by atoms with Gasteiger partial charge in [-0.25, -0.2) is 4.79 Å². The van der Waals surface area contributed by atoms with Crippen molar-refractivity contribution in [1.29, 1.82) is 0 Å². The van der Waals surface area contributed by atoms with Crippen LogP contribution in [0.3, 0.4) is 0 Å². The number of fused-ring (bicyclic) bond motifs is 1. The van der Waals surface area contributed by atoms with Crippen LogP contribution in [0, 0.1) is 0 Å². The summed E-state index contributed by atoms with van der Waals surface area (Å²) in [6.45, 7) is 7.45.